The van der Waals surface area contributed by atoms with Crippen molar-refractivity contribution in [1.29, 1.82) is 0 Å². The zero-order valence-corrected chi connectivity index (χ0v) is 25.4. The summed E-state index contributed by atoms with van der Waals surface area (Å²) in [7, 11) is 0. The van der Waals surface area contributed by atoms with Gasteiger partial charge in [0.05, 0.1) is 34.6 Å². The number of β-amino-alcohol motifs (C(OH)–C–C–N with tert-alkyl or cyclic N) is 1. The van der Waals surface area contributed by atoms with E-state index in [4.69, 9.17) is 4.84 Å². The van der Waals surface area contributed by atoms with Gasteiger partial charge >= 0.3 is 6.09 Å². The van der Waals surface area contributed by atoms with E-state index < -0.39 is 41.5 Å². The minimum absolute atomic E-state index is 0.0265. The summed E-state index contributed by atoms with van der Waals surface area (Å²) in [5, 5.41) is 26.5. The summed E-state index contributed by atoms with van der Waals surface area (Å²) < 4.78 is 0. The number of aliphatic hydroxyl groups is 1. The third kappa shape index (κ3) is 7.51. The van der Waals surface area contributed by atoms with Crippen LogP contribution in [0.5, 0.6) is 5.75 Å². The molecule has 4 amide bonds. The Hall–Kier alpha value is -4.43. The first-order valence-corrected chi connectivity index (χ1v) is 14.5. The molecule has 1 fully saturated rings. The molecule has 0 aliphatic carbocycles. The molecule has 4 N–H and O–H groups in total. The van der Waals surface area contributed by atoms with Gasteiger partial charge in [0, 0.05) is 44.4 Å². The van der Waals surface area contributed by atoms with Crippen LogP contribution in [-0.2, 0) is 20.9 Å². The first-order valence-electron chi connectivity index (χ1n) is 13.7. The van der Waals surface area contributed by atoms with Gasteiger partial charge in [0.25, 0.3) is 0 Å². The normalized spacial score (nSPS) is 18.9. The third-order valence-electron chi connectivity index (χ3n) is 7.03. The number of hydrogen-bond acceptors (Lipinski definition) is 9. The number of nitrogens with zero attached hydrogens (tertiary/aromatic N) is 4. The summed E-state index contributed by atoms with van der Waals surface area (Å²) in [6, 6.07) is 3.70. The maximum Gasteiger partial charge on any atom is 0.415 e. The fourth-order valence-electron chi connectivity index (χ4n) is 4.81. The molecule has 230 valence electrons. The minimum Gasteiger partial charge on any atom is -0.464 e. The first-order chi connectivity index (χ1) is 20.2. The zero-order chi connectivity index (χ0) is 31.5. The number of amides is 4. The smallest absolute Gasteiger partial charge is 0.415 e. The van der Waals surface area contributed by atoms with Gasteiger partial charge in [-0.25, -0.2) is 9.78 Å². The van der Waals surface area contributed by atoms with Crippen molar-refractivity contribution in [3.8, 4) is 16.2 Å². The number of carbonyl (C=O) groups excluding carboxylic acids is 3. The van der Waals surface area contributed by atoms with Crippen molar-refractivity contribution >= 4 is 35.2 Å². The summed E-state index contributed by atoms with van der Waals surface area (Å²) in [6.07, 6.45) is 3.55. The number of likely N-dealkylation sites (tertiary alicyclic amines) is 1. The molecule has 2 aliphatic heterocycles. The Kier molecular flexibility index (Phi) is 9.40. The monoisotopic (exact) mass is 612 g/mol. The summed E-state index contributed by atoms with van der Waals surface area (Å²) in [5.74, 6) is -0.857. The third-order valence-corrected chi connectivity index (χ3v) is 8.00. The van der Waals surface area contributed by atoms with Crippen molar-refractivity contribution in [2.75, 3.05) is 6.54 Å². The number of carbonyl (C=O) groups is 4. The Balaban J connectivity index is 1.54. The fraction of sp³-hybridized carbons (Fsp3) is 0.414. The number of rotatable bonds is 8. The van der Waals surface area contributed by atoms with E-state index in [-0.39, 0.29) is 25.4 Å². The van der Waals surface area contributed by atoms with Crippen LogP contribution in [0.4, 0.5) is 4.79 Å². The SMILES string of the molecule is CC(=O)N[C@H](C(=O)N1C[C@H](O)C[C@H]1C(=O)NCc1ccc(-c2scnc2C)cc1ON1C=CN(C(=O)O)C=C1)C(C)(C)C. The van der Waals surface area contributed by atoms with Gasteiger partial charge in [-0.3, -0.25) is 19.3 Å². The quantitative estimate of drug-likeness (QED) is 0.351. The van der Waals surface area contributed by atoms with Crippen LogP contribution in [0, 0.1) is 12.3 Å². The number of thiazole rings is 1. The molecule has 2 aromatic rings. The second-order valence-electron chi connectivity index (χ2n) is 11.4. The molecule has 0 spiro atoms. The number of carboxylic acid groups (broad SMARTS) is 1. The Morgan fingerprint density at radius 3 is 2.44 bits per heavy atom. The highest BCUT2D eigenvalue weighted by atomic mass is 32.1. The average molecular weight is 613 g/mol. The lowest BCUT2D eigenvalue weighted by Gasteiger charge is -2.35. The standard InChI is InChI=1S/C29H36N6O7S/c1-17-24(43-16-31-17)19-6-7-20(23(12-19)42-34-10-8-33(9-11-34)28(40)41)14-30-26(38)22-13-21(37)15-35(22)27(39)25(29(3,4)5)32-18(2)36/h6-12,16,21-22,25,37H,13-15H2,1-5H3,(H,30,38)(H,32,36)(H,40,41)/t21-,22+,25-/m1/s1. The molecule has 14 heteroatoms. The molecule has 1 saturated heterocycles. The maximum absolute atomic E-state index is 13.5. The predicted octanol–water partition coefficient (Wildman–Crippen LogP) is 2.78. The van der Waals surface area contributed by atoms with Crippen LogP contribution in [0.3, 0.4) is 0 Å². The van der Waals surface area contributed by atoms with Crippen LogP contribution in [0.15, 0.2) is 48.5 Å². The van der Waals surface area contributed by atoms with E-state index in [1.807, 2.05) is 45.9 Å². The Bertz CT molecular complexity index is 1430. The van der Waals surface area contributed by atoms with Gasteiger partial charge in [-0.2, -0.15) is 5.06 Å². The second kappa shape index (κ2) is 12.8. The molecule has 3 atom stereocenters. The van der Waals surface area contributed by atoms with Crippen LogP contribution in [0.2, 0.25) is 0 Å². The molecule has 43 heavy (non-hydrogen) atoms. The Morgan fingerprint density at radius 1 is 1.16 bits per heavy atom. The van der Waals surface area contributed by atoms with E-state index in [2.05, 4.69) is 15.6 Å². The largest absolute Gasteiger partial charge is 0.464 e. The van der Waals surface area contributed by atoms with E-state index in [0.717, 1.165) is 21.0 Å². The summed E-state index contributed by atoms with van der Waals surface area (Å²) >= 11 is 1.48. The van der Waals surface area contributed by atoms with Gasteiger partial charge in [-0.05, 0) is 24.0 Å². The highest BCUT2D eigenvalue weighted by molar-refractivity contribution is 7.13. The molecular weight excluding hydrogens is 576 g/mol. The van der Waals surface area contributed by atoms with Crippen LogP contribution in [-0.4, -0.2) is 78.6 Å². The van der Waals surface area contributed by atoms with Gasteiger partial charge in [0.2, 0.25) is 17.7 Å². The number of aromatic nitrogens is 1. The zero-order valence-electron chi connectivity index (χ0n) is 24.6. The maximum atomic E-state index is 13.5. The van der Waals surface area contributed by atoms with Crippen molar-refractivity contribution in [3.63, 3.8) is 0 Å². The van der Waals surface area contributed by atoms with Gasteiger partial charge in [0.1, 0.15) is 12.1 Å². The Labute approximate surface area is 253 Å². The van der Waals surface area contributed by atoms with E-state index in [1.165, 1.54) is 53.0 Å². The van der Waals surface area contributed by atoms with Crippen molar-refractivity contribution in [2.45, 2.75) is 65.8 Å². The molecule has 3 heterocycles. The summed E-state index contributed by atoms with van der Waals surface area (Å²) in [6.45, 7) is 8.70. The van der Waals surface area contributed by atoms with Gasteiger partial charge in [0.15, 0.2) is 5.75 Å². The fourth-order valence-corrected chi connectivity index (χ4v) is 5.61. The molecule has 0 bridgehead atoms. The number of hydrogen-bond donors (Lipinski definition) is 4. The number of hydroxylamine groups is 2. The number of benzene rings is 1. The number of nitrogens with one attached hydrogen (secondary N) is 2. The summed E-state index contributed by atoms with van der Waals surface area (Å²) in [4.78, 5) is 63.6. The molecule has 1 aromatic heterocycles. The van der Waals surface area contributed by atoms with Crippen LogP contribution >= 0.6 is 11.3 Å². The molecule has 0 unspecified atom stereocenters. The number of aliphatic hydroxyl groups excluding tert-OH is 1. The molecule has 1 aromatic carbocycles. The molecule has 2 aliphatic rings. The van der Waals surface area contributed by atoms with Crippen molar-refractivity contribution in [3.05, 3.63) is 59.8 Å². The van der Waals surface area contributed by atoms with E-state index in [0.29, 0.717) is 11.3 Å². The van der Waals surface area contributed by atoms with Gasteiger partial charge in [-0.15, -0.1) is 11.3 Å². The average Bonchev–Trinajstić information content (AvgIpc) is 3.55. The van der Waals surface area contributed by atoms with E-state index >= 15 is 0 Å². The Morgan fingerprint density at radius 2 is 1.86 bits per heavy atom. The van der Waals surface area contributed by atoms with Crippen LogP contribution in [0.25, 0.3) is 10.4 Å². The topological polar surface area (TPSA) is 165 Å². The highest BCUT2D eigenvalue weighted by Crippen LogP contribution is 2.33. The van der Waals surface area contributed by atoms with Crippen LogP contribution < -0.4 is 15.5 Å². The van der Waals surface area contributed by atoms with E-state index in [1.54, 1.807) is 5.51 Å². The van der Waals surface area contributed by atoms with E-state index in [9.17, 15) is 29.4 Å². The first kappa shape index (κ1) is 31.5. The highest BCUT2D eigenvalue weighted by Gasteiger charge is 2.44. The second-order valence-corrected chi connectivity index (χ2v) is 12.3. The van der Waals surface area contributed by atoms with Crippen LogP contribution in [0.1, 0.15) is 45.4 Å². The molecule has 0 saturated carbocycles. The molecule has 4 rings (SSSR count). The van der Waals surface area contributed by atoms with Crippen molar-refractivity contribution in [2.24, 2.45) is 5.41 Å². The lowest BCUT2D eigenvalue weighted by Crippen LogP contribution is -2.57. The van der Waals surface area contributed by atoms with Gasteiger partial charge < -0.3 is 30.6 Å². The van der Waals surface area contributed by atoms with Gasteiger partial charge in [-0.1, -0.05) is 32.9 Å². The number of aryl methyl sites for hydroxylation is 1. The summed E-state index contributed by atoms with van der Waals surface area (Å²) in [5.41, 5.74) is 3.44. The lowest BCUT2D eigenvalue weighted by atomic mass is 9.85. The molecule has 0 radical (unpaired) electrons. The predicted molar refractivity (Wildman–Crippen MR) is 158 cm³/mol. The molecular formula is C29H36N6O7S. The van der Waals surface area contributed by atoms with Crippen molar-refractivity contribution < 1.29 is 34.2 Å². The lowest BCUT2D eigenvalue weighted by molar-refractivity contribution is -0.143. The van der Waals surface area contributed by atoms with Crippen molar-refractivity contribution in [1.82, 2.24) is 30.5 Å². The molecule has 13 nitrogen and oxygen atoms in total. The minimum atomic E-state index is -1.14.